The Hall–Kier alpha value is 0.120. The van der Waals surface area contributed by atoms with Gasteiger partial charge in [0.1, 0.15) is 24.3 Å². The summed E-state index contributed by atoms with van der Waals surface area (Å²) in [5.74, 6) is -0.0171. The number of nitrogen functional groups attached to an aromatic ring is 1. The number of phosphoric acid groups is 2. The van der Waals surface area contributed by atoms with E-state index in [4.69, 9.17) is 28.6 Å². The summed E-state index contributed by atoms with van der Waals surface area (Å²) in [6.07, 6.45) is -1.84. The van der Waals surface area contributed by atoms with Gasteiger partial charge in [-0.3, -0.25) is 22.7 Å². The van der Waals surface area contributed by atoms with Gasteiger partial charge < -0.3 is 20.3 Å². The van der Waals surface area contributed by atoms with Gasteiger partial charge in [-0.25, -0.2) is 13.9 Å². The molecule has 0 spiro atoms. The Morgan fingerprint density at radius 2 is 1.73 bits per heavy atom. The third-order valence-corrected chi connectivity index (χ3v) is 6.12. The molecule has 1 saturated heterocycles. The van der Waals surface area contributed by atoms with Gasteiger partial charge in [-0.05, 0) is 17.9 Å². The van der Waals surface area contributed by atoms with Crippen molar-refractivity contribution >= 4 is 59.2 Å². The second-order valence-corrected chi connectivity index (χ2v) is 11.0. The number of anilines is 1. The van der Waals surface area contributed by atoms with Crippen molar-refractivity contribution in [1.82, 2.24) is 9.55 Å². The maximum Gasteiger partial charge on any atom is 0.472 e. The molecule has 0 aliphatic carbocycles. The van der Waals surface area contributed by atoms with Crippen molar-refractivity contribution < 1.29 is 41.7 Å². The van der Waals surface area contributed by atoms with Crippen molar-refractivity contribution in [2.24, 2.45) is 11.8 Å². The number of rotatable bonds is 12. The Morgan fingerprint density at radius 3 is 2.27 bits per heavy atom. The summed E-state index contributed by atoms with van der Waals surface area (Å²) < 4.78 is 51.4. The Balaban J connectivity index is 0.00000544. The predicted octanol–water partition coefficient (Wildman–Crippen LogP) is 1.68. The van der Waals surface area contributed by atoms with E-state index in [1.165, 1.54) is 12.3 Å². The molecule has 186 valence electrons. The molecule has 0 bridgehead atoms. The van der Waals surface area contributed by atoms with Crippen molar-refractivity contribution in [2.45, 2.75) is 52.6 Å². The van der Waals surface area contributed by atoms with Crippen LogP contribution in [0.2, 0.25) is 0 Å². The van der Waals surface area contributed by atoms with Crippen molar-refractivity contribution in [3.8, 4) is 0 Å². The van der Waals surface area contributed by atoms with E-state index in [9.17, 15) is 23.7 Å². The molecule has 1 aromatic rings. The average Bonchev–Trinajstić information content (AvgIpc) is 3.05. The fourth-order valence-corrected chi connectivity index (χ4v) is 4.68. The second-order valence-electron chi connectivity index (χ2n) is 8.16. The van der Waals surface area contributed by atoms with Crippen molar-refractivity contribution in [1.29, 1.82) is 0 Å². The summed E-state index contributed by atoms with van der Waals surface area (Å²) in [7, 11) is -8.89. The fraction of sp³-hybridized carbons (Fsp3) is 0.765. The first-order valence-corrected chi connectivity index (χ1v) is 13.0. The normalized spacial score (nSPS) is 24.4. The van der Waals surface area contributed by atoms with Crippen LogP contribution in [-0.4, -0.2) is 89.1 Å². The zero-order valence-corrected chi connectivity index (χ0v) is 23.1. The number of hydrogen-bond donors (Lipinski definition) is 3. The number of nitrogens with two attached hydrogens (primary N) is 1. The molecule has 33 heavy (non-hydrogen) atoms. The van der Waals surface area contributed by atoms with E-state index in [0.29, 0.717) is 0 Å². The van der Waals surface area contributed by atoms with Gasteiger partial charge in [0.25, 0.3) is 0 Å². The molecule has 13 nitrogen and oxygen atoms in total. The minimum atomic E-state index is -4.48. The number of ether oxygens (including phenoxy) is 1. The van der Waals surface area contributed by atoms with Gasteiger partial charge in [-0.15, -0.1) is 0 Å². The van der Waals surface area contributed by atoms with Crippen LogP contribution in [0.3, 0.4) is 0 Å². The van der Waals surface area contributed by atoms with Gasteiger partial charge in [0.15, 0.2) is 0 Å². The summed E-state index contributed by atoms with van der Waals surface area (Å²) >= 11 is 0. The molecule has 1 aliphatic heterocycles. The second kappa shape index (κ2) is 13.4. The maximum atomic E-state index is 12.3. The van der Waals surface area contributed by atoms with Gasteiger partial charge in [0.05, 0.1) is 19.8 Å². The van der Waals surface area contributed by atoms with E-state index in [0.717, 1.165) is 4.57 Å². The standard InChI is InChI=1S/C17H31N3O10P2.Ca/c1-11(2)8-26-31(22,23)28-10-14-13(30-32(24,25)27-9-12(3)4)7-16(29-14)20-6-5-15(18)19-17(20)21;/h5-6,11-14,16H,7-10H2,1-4H3,(H,22,23)(H,24,25)(H2,18,19,21);/t13-,14+,16+;/m0./s1. The molecule has 0 aromatic carbocycles. The molecular formula is C17H31CaN3O10P2. The van der Waals surface area contributed by atoms with Crippen LogP contribution in [0.5, 0.6) is 0 Å². The third kappa shape index (κ3) is 10.7. The molecule has 1 fully saturated rings. The van der Waals surface area contributed by atoms with Crippen molar-refractivity contribution in [3.05, 3.63) is 22.7 Å². The van der Waals surface area contributed by atoms with Crippen LogP contribution in [0.25, 0.3) is 0 Å². The predicted molar refractivity (Wildman–Crippen MR) is 119 cm³/mol. The Kier molecular flexibility index (Phi) is 12.7. The average molecular weight is 539 g/mol. The van der Waals surface area contributed by atoms with E-state index in [2.05, 4.69) is 4.98 Å². The SMILES string of the molecule is CC(C)COP(=O)(O)OC[C@H]1O[C@@H](n2ccc(N)nc2=O)C[C@@H]1OP(=O)(O)OCC(C)C.[Ca]. The molecule has 2 unspecified atom stereocenters. The molecule has 16 heteroatoms. The van der Waals surface area contributed by atoms with Crippen molar-refractivity contribution in [2.75, 3.05) is 25.6 Å². The Labute approximate surface area is 222 Å². The molecule has 2 rings (SSSR count). The molecule has 1 aliphatic rings. The molecule has 4 N–H and O–H groups in total. The monoisotopic (exact) mass is 539 g/mol. The topological polar surface area (TPSA) is 182 Å². The smallest absolute Gasteiger partial charge is 0.383 e. The first-order valence-electron chi connectivity index (χ1n) is 10.1. The number of aromatic nitrogens is 2. The van der Waals surface area contributed by atoms with Crippen LogP contribution in [0.15, 0.2) is 17.1 Å². The van der Waals surface area contributed by atoms with Gasteiger partial charge in [-0.2, -0.15) is 4.98 Å². The number of nitrogens with zero attached hydrogens (tertiary/aromatic N) is 2. The summed E-state index contributed by atoms with van der Waals surface area (Å²) in [4.78, 5) is 35.7. The maximum absolute atomic E-state index is 12.3. The van der Waals surface area contributed by atoms with Gasteiger partial charge >= 0.3 is 21.3 Å². The van der Waals surface area contributed by atoms with Crippen LogP contribution in [0, 0.1) is 11.8 Å². The largest absolute Gasteiger partial charge is 0.472 e. The van der Waals surface area contributed by atoms with Crippen LogP contribution < -0.4 is 11.4 Å². The van der Waals surface area contributed by atoms with Gasteiger partial charge in [0.2, 0.25) is 0 Å². The number of phosphoric ester groups is 2. The Bertz CT molecular complexity index is 915. The molecule has 2 radical (unpaired) electrons. The minimum absolute atomic E-state index is 0. The summed E-state index contributed by atoms with van der Waals surface area (Å²) in [5.41, 5.74) is 4.80. The molecular weight excluding hydrogens is 508 g/mol. The Morgan fingerprint density at radius 1 is 1.15 bits per heavy atom. The molecule has 0 saturated carbocycles. The number of hydrogen-bond acceptors (Lipinski definition) is 10. The van der Waals surface area contributed by atoms with E-state index in [1.807, 2.05) is 0 Å². The quantitative estimate of drug-likeness (QED) is 0.259. The van der Waals surface area contributed by atoms with E-state index >= 15 is 0 Å². The van der Waals surface area contributed by atoms with Crippen molar-refractivity contribution in [3.63, 3.8) is 0 Å². The first-order chi connectivity index (χ1) is 14.8. The van der Waals surface area contributed by atoms with Crippen LogP contribution in [0.4, 0.5) is 5.82 Å². The third-order valence-electron chi connectivity index (χ3n) is 4.15. The summed E-state index contributed by atoms with van der Waals surface area (Å²) in [5, 5.41) is 0. The summed E-state index contributed by atoms with van der Waals surface area (Å²) in [6.45, 7) is 6.63. The van der Waals surface area contributed by atoms with Crippen LogP contribution in [-0.2, 0) is 32.0 Å². The minimum Gasteiger partial charge on any atom is -0.383 e. The zero-order valence-electron chi connectivity index (χ0n) is 19.1. The van der Waals surface area contributed by atoms with Gasteiger partial charge in [-0.1, -0.05) is 27.7 Å². The van der Waals surface area contributed by atoms with E-state index in [-0.39, 0.29) is 75.0 Å². The van der Waals surface area contributed by atoms with Crippen LogP contribution in [0.1, 0.15) is 40.3 Å². The molecule has 1 aromatic heterocycles. The first kappa shape index (κ1) is 31.1. The fourth-order valence-electron chi connectivity index (χ4n) is 2.67. The molecule has 5 atom stereocenters. The van der Waals surface area contributed by atoms with E-state index < -0.39 is 46.4 Å². The van der Waals surface area contributed by atoms with Crippen LogP contribution >= 0.6 is 15.6 Å². The molecule has 2 heterocycles. The van der Waals surface area contributed by atoms with Gasteiger partial charge in [0, 0.05) is 50.4 Å². The molecule has 0 amide bonds. The van der Waals surface area contributed by atoms with E-state index in [1.54, 1.807) is 27.7 Å². The zero-order chi connectivity index (χ0) is 24.1. The summed E-state index contributed by atoms with van der Waals surface area (Å²) in [6, 6.07) is 1.38.